The normalized spacial score (nSPS) is 21.3. The van der Waals surface area contributed by atoms with Crippen molar-refractivity contribution >= 4 is 18.0 Å². The van der Waals surface area contributed by atoms with Crippen molar-refractivity contribution in [1.29, 1.82) is 0 Å². The number of rotatable bonds is 4. The average Bonchev–Trinajstić information content (AvgIpc) is 2.52. The second-order valence-electron chi connectivity index (χ2n) is 4.42. The van der Waals surface area contributed by atoms with Crippen LogP contribution in [0.25, 0.3) is 0 Å². The van der Waals surface area contributed by atoms with Crippen molar-refractivity contribution in [1.82, 2.24) is 10.2 Å². The molecule has 1 saturated heterocycles. The first-order chi connectivity index (χ1) is 8.90. The number of amides is 2. The fourth-order valence-corrected chi connectivity index (χ4v) is 1.79. The zero-order chi connectivity index (χ0) is 14.4. The number of hydrogen-bond donors (Lipinski definition) is 3. The van der Waals surface area contributed by atoms with Crippen LogP contribution in [0.1, 0.15) is 19.8 Å². The Morgan fingerprint density at radius 3 is 2.68 bits per heavy atom. The number of carboxylic acid groups (broad SMARTS) is 2. The largest absolute Gasteiger partial charge is 0.481 e. The zero-order valence-corrected chi connectivity index (χ0v) is 10.7. The van der Waals surface area contributed by atoms with E-state index in [4.69, 9.17) is 14.9 Å². The van der Waals surface area contributed by atoms with E-state index in [-0.39, 0.29) is 6.10 Å². The van der Waals surface area contributed by atoms with Crippen molar-refractivity contribution in [3.8, 4) is 0 Å². The van der Waals surface area contributed by atoms with Crippen molar-refractivity contribution in [2.45, 2.75) is 31.9 Å². The molecule has 2 atom stereocenters. The molecule has 0 aromatic heterocycles. The predicted octanol–water partition coefficient (Wildman–Crippen LogP) is -0.265. The van der Waals surface area contributed by atoms with E-state index in [2.05, 4.69) is 5.32 Å². The first kappa shape index (κ1) is 15.2. The molecule has 8 heteroatoms. The van der Waals surface area contributed by atoms with Crippen LogP contribution in [0.15, 0.2) is 0 Å². The van der Waals surface area contributed by atoms with Gasteiger partial charge in [0.05, 0.1) is 12.5 Å². The van der Waals surface area contributed by atoms with Crippen LogP contribution in [0, 0.1) is 0 Å². The summed E-state index contributed by atoms with van der Waals surface area (Å²) in [6, 6.07) is -2.00. The van der Waals surface area contributed by atoms with Gasteiger partial charge in [-0.05, 0) is 13.3 Å². The van der Waals surface area contributed by atoms with Gasteiger partial charge in [-0.3, -0.25) is 4.79 Å². The summed E-state index contributed by atoms with van der Waals surface area (Å²) < 4.78 is 5.37. The number of nitrogens with zero attached hydrogens (tertiary/aromatic N) is 1. The molecule has 0 aliphatic carbocycles. The summed E-state index contributed by atoms with van der Waals surface area (Å²) in [6.45, 7) is 3.17. The molecule has 1 aliphatic rings. The van der Waals surface area contributed by atoms with Crippen molar-refractivity contribution < 1.29 is 29.3 Å². The van der Waals surface area contributed by atoms with Crippen LogP contribution < -0.4 is 5.32 Å². The molecule has 108 valence electrons. The molecule has 1 rings (SSSR count). The maximum atomic E-state index is 11.9. The summed E-state index contributed by atoms with van der Waals surface area (Å²) in [5.74, 6) is -2.64. The first-order valence-electron chi connectivity index (χ1n) is 6.01. The van der Waals surface area contributed by atoms with Crippen LogP contribution in [0.2, 0.25) is 0 Å². The second kappa shape index (κ2) is 6.93. The number of carbonyl (C=O) groups excluding carboxylic acids is 1. The lowest BCUT2D eigenvalue weighted by molar-refractivity contribution is -0.145. The predicted molar refractivity (Wildman–Crippen MR) is 63.8 cm³/mol. The zero-order valence-electron chi connectivity index (χ0n) is 10.7. The van der Waals surface area contributed by atoms with Crippen LogP contribution in [-0.4, -0.2) is 64.9 Å². The molecular formula is C11H18N2O6. The number of ether oxygens (including phenoxy) is 1. The maximum Gasteiger partial charge on any atom is 0.326 e. The highest BCUT2D eigenvalue weighted by Crippen LogP contribution is 2.06. The van der Waals surface area contributed by atoms with E-state index >= 15 is 0 Å². The Morgan fingerprint density at radius 2 is 2.11 bits per heavy atom. The SMILES string of the molecule is CC1CN(C(=O)N[C@H](CC(=O)O)C(=O)O)CCCO1. The minimum atomic E-state index is -1.43. The highest BCUT2D eigenvalue weighted by Gasteiger charge is 2.27. The Labute approximate surface area is 110 Å². The Balaban J connectivity index is 2.59. The van der Waals surface area contributed by atoms with Crippen LogP contribution in [0.4, 0.5) is 4.79 Å². The van der Waals surface area contributed by atoms with Crippen LogP contribution in [-0.2, 0) is 14.3 Å². The van der Waals surface area contributed by atoms with E-state index in [9.17, 15) is 14.4 Å². The van der Waals surface area contributed by atoms with Crippen molar-refractivity contribution in [3.63, 3.8) is 0 Å². The minimum absolute atomic E-state index is 0.129. The molecule has 0 aromatic carbocycles. The summed E-state index contributed by atoms with van der Waals surface area (Å²) in [4.78, 5) is 34.7. The molecule has 1 unspecified atom stereocenters. The van der Waals surface area contributed by atoms with Gasteiger partial charge >= 0.3 is 18.0 Å². The fourth-order valence-electron chi connectivity index (χ4n) is 1.79. The number of hydrogen-bond acceptors (Lipinski definition) is 4. The Bertz CT molecular complexity index is 359. The van der Waals surface area contributed by atoms with Crippen LogP contribution >= 0.6 is 0 Å². The Kier molecular flexibility index (Phi) is 5.56. The molecule has 0 spiro atoms. The highest BCUT2D eigenvalue weighted by molar-refractivity contribution is 5.86. The van der Waals surface area contributed by atoms with Crippen LogP contribution in [0.5, 0.6) is 0 Å². The smallest absolute Gasteiger partial charge is 0.326 e. The summed E-state index contributed by atoms with van der Waals surface area (Å²) in [6.07, 6.45) is -0.119. The molecule has 19 heavy (non-hydrogen) atoms. The summed E-state index contributed by atoms with van der Waals surface area (Å²) in [5, 5.41) is 19.7. The number of carbonyl (C=O) groups is 3. The maximum absolute atomic E-state index is 11.9. The molecule has 0 bridgehead atoms. The van der Waals surface area contributed by atoms with Gasteiger partial charge in [-0.15, -0.1) is 0 Å². The molecule has 1 aliphatic heterocycles. The lowest BCUT2D eigenvalue weighted by Crippen LogP contribution is -2.50. The van der Waals surface area contributed by atoms with Crippen molar-refractivity contribution in [2.24, 2.45) is 0 Å². The van der Waals surface area contributed by atoms with E-state index in [1.54, 1.807) is 0 Å². The van der Waals surface area contributed by atoms with Gasteiger partial charge in [0.1, 0.15) is 6.04 Å². The van der Waals surface area contributed by atoms with Crippen molar-refractivity contribution in [3.05, 3.63) is 0 Å². The molecule has 3 N–H and O–H groups in total. The van der Waals surface area contributed by atoms with Gasteiger partial charge in [0.15, 0.2) is 0 Å². The van der Waals surface area contributed by atoms with Gasteiger partial charge in [-0.2, -0.15) is 0 Å². The van der Waals surface area contributed by atoms with E-state index in [1.807, 2.05) is 6.92 Å². The van der Waals surface area contributed by atoms with E-state index in [0.29, 0.717) is 26.1 Å². The topological polar surface area (TPSA) is 116 Å². The van der Waals surface area contributed by atoms with Gasteiger partial charge in [-0.1, -0.05) is 0 Å². The quantitative estimate of drug-likeness (QED) is 0.650. The van der Waals surface area contributed by atoms with Crippen LogP contribution in [0.3, 0.4) is 0 Å². The first-order valence-corrected chi connectivity index (χ1v) is 6.01. The summed E-state index contributed by atoms with van der Waals surface area (Å²) in [7, 11) is 0. The molecule has 0 radical (unpaired) electrons. The third-order valence-corrected chi connectivity index (χ3v) is 2.71. The molecule has 1 heterocycles. The van der Waals surface area contributed by atoms with Crippen molar-refractivity contribution in [2.75, 3.05) is 19.7 Å². The monoisotopic (exact) mass is 274 g/mol. The number of aliphatic carboxylic acids is 2. The van der Waals surface area contributed by atoms with Gasteiger partial charge in [-0.25, -0.2) is 9.59 Å². The van der Waals surface area contributed by atoms with Gasteiger partial charge < -0.3 is 25.2 Å². The van der Waals surface area contributed by atoms with E-state index < -0.39 is 30.4 Å². The molecule has 8 nitrogen and oxygen atoms in total. The van der Waals surface area contributed by atoms with E-state index in [1.165, 1.54) is 4.90 Å². The van der Waals surface area contributed by atoms with E-state index in [0.717, 1.165) is 0 Å². The number of urea groups is 1. The number of nitrogens with one attached hydrogen (secondary N) is 1. The summed E-state index contributed by atoms with van der Waals surface area (Å²) in [5.41, 5.74) is 0. The Hall–Kier alpha value is -1.83. The molecule has 1 fully saturated rings. The molecule has 2 amide bonds. The van der Waals surface area contributed by atoms with Gasteiger partial charge in [0.2, 0.25) is 0 Å². The Morgan fingerprint density at radius 1 is 1.42 bits per heavy atom. The lowest BCUT2D eigenvalue weighted by atomic mass is 10.2. The number of carboxylic acids is 2. The fraction of sp³-hybridized carbons (Fsp3) is 0.727. The molecule has 0 aromatic rings. The lowest BCUT2D eigenvalue weighted by Gasteiger charge is -2.24. The standard InChI is InChI=1S/C11H18N2O6/c1-7-6-13(3-2-4-19-7)11(18)12-8(10(16)17)5-9(14)15/h7-8H,2-6H2,1H3,(H,12,18)(H,14,15)(H,16,17)/t7?,8-/m1/s1. The third-order valence-electron chi connectivity index (χ3n) is 2.71. The second-order valence-corrected chi connectivity index (χ2v) is 4.42. The van der Waals surface area contributed by atoms with Gasteiger partial charge in [0.25, 0.3) is 0 Å². The minimum Gasteiger partial charge on any atom is -0.481 e. The third kappa shape index (κ3) is 5.12. The van der Waals surface area contributed by atoms with Gasteiger partial charge in [0, 0.05) is 19.7 Å². The highest BCUT2D eigenvalue weighted by atomic mass is 16.5. The molecular weight excluding hydrogens is 256 g/mol. The summed E-state index contributed by atoms with van der Waals surface area (Å²) >= 11 is 0. The molecule has 0 saturated carbocycles. The average molecular weight is 274 g/mol.